The van der Waals surface area contributed by atoms with Gasteiger partial charge in [0, 0.05) is 18.0 Å². The molecule has 1 unspecified atom stereocenters. The molecule has 1 rings (SSSR count). The first-order chi connectivity index (χ1) is 7.84. The SMILES string of the molecule is CC(C)C(C)N(C)C(=O)c1cc(S)ccc1F. The van der Waals surface area contributed by atoms with Crippen LogP contribution < -0.4 is 0 Å². The van der Waals surface area contributed by atoms with Gasteiger partial charge in [0.25, 0.3) is 5.91 Å². The molecule has 0 saturated heterocycles. The van der Waals surface area contributed by atoms with Crippen molar-refractivity contribution in [1.82, 2.24) is 4.90 Å². The van der Waals surface area contributed by atoms with Gasteiger partial charge in [-0.3, -0.25) is 4.79 Å². The van der Waals surface area contributed by atoms with E-state index < -0.39 is 5.82 Å². The van der Waals surface area contributed by atoms with E-state index in [2.05, 4.69) is 12.6 Å². The molecule has 4 heteroatoms. The molecule has 0 radical (unpaired) electrons. The largest absolute Gasteiger partial charge is 0.339 e. The normalized spacial score (nSPS) is 12.6. The van der Waals surface area contributed by atoms with Crippen molar-refractivity contribution >= 4 is 18.5 Å². The van der Waals surface area contributed by atoms with Crippen LogP contribution >= 0.6 is 12.6 Å². The van der Waals surface area contributed by atoms with E-state index in [9.17, 15) is 9.18 Å². The van der Waals surface area contributed by atoms with E-state index in [0.717, 1.165) is 0 Å². The van der Waals surface area contributed by atoms with Crippen LogP contribution in [0.15, 0.2) is 23.1 Å². The van der Waals surface area contributed by atoms with Gasteiger partial charge in [0.2, 0.25) is 0 Å². The Labute approximate surface area is 107 Å². The summed E-state index contributed by atoms with van der Waals surface area (Å²) in [6.45, 7) is 6.00. The molecule has 0 aromatic heterocycles. The summed E-state index contributed by atoms with van der Waals surface area (Å²) in [6, 6.07) is 4.32. The average Bonchev–Trinajstić information content (AvgIpc) is 2.29. The number of hydrogen-bond acceptors (Lipinski definition) is 2. The van der Waals surface area contributed by atoms with Gasteiger partial charge in [-0.2, -0.15) is 0 Å². The van der Waals surface area contributed by atoms with Crippen LogP contribution in [0.25, 0.3) is 0 Å². The van der Waals surface area contributed by atoms with Gasteiger partial charge in [0.1, 0.15) is 5.82 Å². The summed E-state index contributed by atoms with van der Waals surface area (Å²) >= 11 is 4.12. The van der Waals surface area contributed by atoms with E-state index in [1.165, 1.54) is 18.2 Å². The molecule has 1 atom stereocenters. The van der Waals surface area contributed by atoms with Crippen LogP contribution in [-0.4, -0.2) is 23.9 Å². The van der Waals surface area contributed by atoms with Crippen molar-refractivity contribution in [3.05, 3.63) is 29.6 Å². The predicted molar refractivity (Wildman–Crippen MR) is 70.0 cm³/mol. The Morgan fingerprint density at radius 2 is 1.94 bits per heavy atom. The molecule has 1 amide bonds. The van der Waals surface area contributed by atoms with E-state index in [-0.39, 0.29) is 17.5 Å². The van der Waals surface area contributed by atoms with E-state index in [4.69, 9.17) is 0 Å². The van der Waals surface area contributed by atoms with Gasteiger partial charge in [0.05, 0.1) is 5.56 Å². The molecule has 0 bridgehead atoms. The summed E-state index contributed by atoms with van der Waals surface area (Å²) < 4.78 is 13.6. The van der Waals surface area contributed by atoms with E-state index in [1.54, 1.807) is 11.9 Å². The molecule has 0 aliphatic rings. The highest BCUT2D eigenvalue weighted by atomic mass is 32.1. The third-order valence-electron chi connectivity index (χ3n) is 3.08. The monoisotopic (exact) mass is 255 g/mol. The van der Waals surface area contributed by atoms with Gasteiger partial charge in [-0.05, 0) is 31.0 Å². The highest BCUT2D eigenvalue weighted by Crippen LogP contribution is 2.18. The zero-order chi connectivity index (χ0) is 13.2. The lowest BCUT2D eigenvalue weighted by Crippen LogP contribution is -2.38. The molecule has 0 aliphatic heterocycles. The van der Waals surface area contributed by atoms with Gasteiger partial charge in [-0.25, -0.2) is 4.39 Å². The molecule has 94 valence electrons. The molecule has 1 aromatic carbocycles. The maximum absolute atomic E-state index is 13.6. The first kappa shape index (κ1) is 14.0. The van der Waals surface area contributed by atoms with Crippen molar-refractivity contribution in [3.8, 4) is 0 Å². The van der Waals surface area contributed by atoms with E-state index in [0.29, 0.717) is 10.8 Å². The van der Waals surface area contributed by atoms with Crippen LogP contribution in [0.2, 0.25) is 0 Å². The minimum absolute atomic E-state index is 0.0606. The topological polar surface area (TPSA) is 20.3 Å². The van der Waals surface area contributed by atoms with Crippen LogP contribution in [-0.2, 0) is 0 Å². The van der Waals surface area contributed by atoms with E-state index >= 15 is 0 Å². The van der Waals surface area contributed by atoms with Crippen molar-refractivity contribution in [1.29, 1.82) is 0 Å². The van der Waals surface area contributed by atoms with Crippen LogP contribution in [0.1, 0.15) is 31.1 Å². The van der Waals surface area contributed by atoms with Crippen molar-refractivity contribution < 1.29 is 9.18 Å². The highest BCUT2D eigenvalue weighted by Gasteiger charge is 2.22. The third-order valence-corrected chi connectivity index (χ3v) is 3.35. The molecular weight excluding hydrogens is 237 g/mol. The molecule has 0 heterocycles. The first-order valence-electron chi connectivity index (χ1n) is 5.60. The second kappa shape index (κ2) is 5.54. The molecule has 0 saturated carbocycles. The molecular formula is C13H18FNOS. The second-order valence-electron chi connectivity index (χ2n) is 4.56. The van der Waals surface area contributed by atoms with Crippen molar-refractivity contribution in [2.75, 3.05) is 7.05 Å². The maximum Gasteiger partial charge on any atom is 0.256 e. The average molecular weight is 255 g/mol. The number of benzene rings is 1. The Bertz CT molecular complexity index is 420. The summed E-state index contributed by atoms with van der Waals surface area (Å²) in [5.74, 6) is -0.485. The minimum atomic E-state index is -0.504. The summed E-state index contributed by atoms with van der Waals surface area (Å²) in [6.07, 6.45) is 0. The van der Waals surface area contributed by atoms with Crippen molar-refractivity contribution in [2.24, 2.45) is 5.92 Å². The standard InChI is InChI=1S/C13H18FNOS/c1-8(2)9(3)15(4)13(16)11-7-10(17)5-6-12(11)14/h5-9,17H,1-4H3. The Balaban J connectivity index is 3.00. The molecule has 1 aromatic rings. The van der Waals surface area contributed by atoms with Crippen LogP contribution in [0.4, 0.5) is 4.39 Å². The lowest BCUT2D eigenvalue weighted by atomic mass is 10.0. The number of rotatable bonds is 3. The fourth-order valence-corrected chi connectivity index (χ4v) is 1.70. The number of carbonyl (C=O) groups is 1. The van der Waals surface area contributed by atoms with Gasteiger partial charge in [0.15, 0.2) is 0 Å². The zero-order valence-corrected chi connectivity index (χ0v) is 11.5. The Hall–Kier alpha value is -1.03. The number of halogens is 1. The number of amides is 1. The van der Waals surface area contributed by atoms with Crippen molar-refractivity contribution in [2.45, 2.75) is 31.7 Å². The molecule has 0 fully saturated rings. The van der Waals surface area contributed by atoms with E-state index in [1.807, 2.05) is 20.8 Å². The predicted octanol–water partition coefficient (Wildman–Crippen LogP) is 3.23. The number of nitrogens with zero attached hydrogens (tertiary/aromatic N) is 1. The van der Waals surface area contributed by atoms with Crippen LogP contribution in [0, 0.1) is 11.7 Å². The van der Waals surface area contributed by atoms with Crippen LogP contribution in [0.3, 0.4) is 0 Å². The number of thiol groups is 1. The first-order valence-corrected chi connectivity index (χ1v) is 6.05. The fourth-order valence-electron chi connectivity index (χ4n) is 1.50. The van der Waals surface area contributed by atoms with Crippen LogP contribution in [0.5, 0.6) is 0 Å². The quantitative estimate of drug-likeness (QED) is 0.822. The highest BCUT2D eigenvalue weighted by molar-refractivity contribution is 7.80. The Kier molecular flexibility index (Phi) is 4.57. The molecule has 2 nitrogen and oxygen atoms in total. The fraction of sp³-hybridized carbons (Fsp3) is 0.462. The summed E-state index contributed by atoms with van der Waals surface area (Å²) in [5.41, 5.74) is 0.0764. The van der Waals surface area contributed by atoms with Gasteiger partial charge < -0.3 is 4.90 Å². The summed E-state index contributed by atoms with van der Waals surface area (Å²) in [7, 11) is 1.69. The number of hydrogen-bond donors (Lipinski definition) is 1. The van der Waals surface area contributed by atoms with Gasteiger partial charge in [-0.1, -0.05) is 13.8 Å². The number of carbonyl (C=O) groups excluding carboxylic acids is 1. The zero-order valence-electron chi connectivity index (χ0n) is 10.6. The van der Waals surface area contributed by atoms with Gasteiger partial charge in [-0.15, -0.1) is 12.6 Å². The minimum Gasteiger partial charge on any atom is -0.339 e. The Morgan fingerprint density at radius 3 is 2.47 bits per heavy atom. The lowest BCUT2D eigenvalue weighted by Gasteiger charge is -2.28. The second-order valence-corrected chi connectivity index (χ2v) is 5.08. The van der Waals surface area contributed by atoms with Crippen molar-refractivity contribution in [3.63, 3.8) is 0 Å². The summed E-state index contributed by atoms with van der Waals surface area (Å²) in [5, 5.41) is 0. The smallest absolute Gasteiger partial charge is 0.256 e. The molecule has 17 heavy (non-hydrogen) atoms. The maximum atomic E-state index is 13.6. The summed E-state index contributed by atoms with van der Waals surface area (Å²) in [4.78, 5) is 14.3. The lowest BCUT2D eigenvalue weighted by molar-refractivity contribution is 0.0702. The van der Waals surface area contributed by atoms with Gasteiger partial charge >= 0.3 is 0 Å². The molecule has 0 aliphatic carbocycles. The third kappa shape index (κ3) is 3.22. The Morgan fingerprint density at radius 1 is 1.35 bits per heavy atom. The molecule has 0 spiro atoms. The molecule has 0 N–H and O–H groups in total.